The van der Waals surface area contributed by atoms with Crippen LogP contribution >= 0.6 is 0 Å². The van der Waals surface area contributed by atoms with Crippen LogP contribution in [0.4, 0.5) is 0 Å². The van der Waals surface area contributed by atoms with Crippen LogP contribution < -0.4 is 0 Å². The van der Waals surface area contributed by atoms with Crippen molar-refractivity contribution in [2.45, 2.75) is 103 Å². The van der Waals surface area contributed by atoms with E-state index in [1.54, 1.807) is 11.1 Å². The molecule has 23 heavy (non-hydrogen) atoms. The van der Waals surface area contributed by atoms with Crippen molar-refractivity contribution in [1.82, 2.24) is 0 Å². The Kier molecular flexibility index (Phi) is 8.79. The first kappa shape index (κ1) is 18.6. The minimum Gasteiger partial charge on any atom is -0.0654 e. The molecule has 0 bridgehead atoms. The summed E-state index contributed by atoms with van der Waals surface area (Å²) in [6.07, 6.45) is 18.3. The lowest BCUT2D eigenvalue weighted by molar-refractivity contribution is 0.318. The van der Waals surface area contributed by atoms with Gasteiger partial charge in [0.05, 0.1) is 0 Å². The predicted octanol–water partition coefficient (Wildman–Crippen LogP) is 7.66. The van der Waals surface area contributed by atoms with Crippen LogP contribution in [0.25, 0.3) is 0 Å². The van der Waals surface area contributed by atoms with E-state index in [1.165, 1.54) is 83.5 Å². The van der Waals surface area contributed by atoms with Crippen molar-refractivity contribution in [3.8, 4) is 0 Å². The van der Waals surface area contributed by atoms with Crippen molar-refractivity contribution in [3.05, 3.63) is 35.4 Å². The van der Waals surface area contributed by atoms with E-state index < -0.39 is 0 Å². The Balaban J connectivity index is 1.70. The summed E-state index contributed by atoms with van der Waals surface area (Å²) in [5.74, 6) is 1.84. The fraction of sp³-hybridized carbons (Fsp3) is 0.739. The van der Waals surface area contributed by atoms with Crippen LogP contribution in [0.2, 0.25) is 0 Å². The molecule has 1 aromatic rings. The highest BCUT2D eigenvalue weighted by Gasteiger charge is 2.21. The first-order chi connectivity index (χ1) is 11.3. The standard InChI is InChI=1S/C23H38/c1-3-5-6-7-8-9-10-12-21-13-11-14-23(19-21)22-17-15-20(4-2)16-18-22/h11,13-14,19-20,22H,3-10,12,15-18H2,1-2H3. The van der Waals surface area contributed by atoms with Crippen LogP contribution in [0.1, 0.15) is 108 Å². The van der Waals surface area contributed by atoms with Gasteiger partial charge in [-0.15, -0.1) is 0 Å². The van der Waals surface area contributed by atoms with Gasteiger partial charge in [-0.25, -0.2) is 0 Å². The minimum absolute atomic E-state index is 0.840. The lowest BCUT2D eigenvalue weighted by Crippen LogP contribution is -2.12. The Labute approximate surface area is 145 Å². The van der Waals surface area contributed by atoms with Gasteiger partial charge in [0.25, 0.3) is 0 Å². The summed E-state index contributed by atoms with van der Waals surface area (Å²) in [6.45, 7) is 4.65. The Morgan fingerprint density at radius 1 is 0.826 bits per heavy atom. The van der Waals surface area contributed by atoms with Gasteiger partial charge >= 0.3 is 0 Å². The van der Waals surface area contributed by atoms with E-state index in [-0.39, 0.29) is 0 Å². The molecule has 1 aromatic carbocycles. The number of hydrogen-bond acceptors (Lipinski definition) is 0. The number of aryl methyl sites for hydroxylation is 1. The van der Waals surface area contributed by atoms with E-state index >= 15 is 0 Å². The van der Waals surface area contributed by atoms with Crippen molar-refractivity contribution >= 4 is 0 Å². The average Bonchev–Trinajstić information content (AvgIpc) is 2.61. The van der Waals surface area contributed by atoms with E-state index in [1.807, 2.05) is 0 Å². The molecule has 0 saturated heterocycles. The lowest BCUT2D eigenvalue weighted by Gasteiger charge is -2.28. The molecule has 0 aliphatic heterocycles. The molecule has 0 radical (unpaired) electrons. The average molecular weight is 315 g/mol. The van der Waals surface area contributed by atoms with E-state index in [4.69, 9.17) is 0 Å². The normalized spacial score (nSPS) is 21.5. The zero-order chi connectivity index (χ0) is 16.3. The molecule has 130 valence electrons. The fourth-order valence-corrected chi connectivity index (χ4v) is 4.19. The summed E-state index contributed by atoms with van der Waals surface area (Å²) in [4.78, 5) is 0. The molecule has 0 N–H and O–H groups in total. The maximum atomic E-state index is 2.52. The van der Waals surface area contributed by atoms with Gasteiger partial charge in [-0.3, -0.25) is 0 Å². The summed E-state index contributed by atoms with van der Waals surface area (Å²) in [6, 6.07) is 9.55. The third-order valence-corrected chi connectivity index (χ3v) is 5.92. The fourth-order valence-electron chi connectivity index (χ4n) is 4.19. The third-order valence-electron chi connectivity index (χ3n) is 5.92. The Hall–Kier alpha value is -0.780. The molecule has 1 saturated carbocycles. The quantitative estimate of drug-likeness (QED) is 0.389. The maximum Gasteiger partial charge on any atom is -0.0162 e. The molecular weight excluding hydrogens is 276 g/mol. The number of hydrogen-bond donors (Lipinski definition) is 0. The zero-order valence-corrected chi connectivity index (χ0v) is 15.7. The lowest BCUT2D eigenvalue weighted by atomic mass is 9.77. The Bertz CT molecular complexity index is 412. The minimum atomic E-state index is 0.840. The summed E-state index contributed by atoms with van der Waals surface area (Å²) in [5.41, 5.74) is 3.20. The van der Waals surface area contributed by atoms with E-state index in [0.717, 1.165) is 11.8 Å². The van der Waals surface area contributed by atoms with Crippen LogP contribution in [0.15, 0.2) is 24.3 Å². The molecule has 0 atom stereocenters. The van der Waals surface area contributed by atoms with Gasteiger partial charge in [-0.1, -0.05) is 83.1 Å². The number of unbranched alkanes of at least 4 members (excludes halogenated alkanes) is 6. The summed E-state index contributed by atoms with van der Waals surface area (Å²) in [5, 5.41) is 0. The van der Waals surface area contributed by atoms with Crippen molar-refractivity contribution in [2.24, 2.45) is 5.92 Å². The molecule has 1 fully saturated rings. The van der Waals surface area contributed by atoms with Crippen LogP contribution in [0.5, 0.6) is 0 Å². The topological polar surface area (TPSA) is 0 Å². The third kappa shape index (κ3) is 6.69. The van der Waals surface area contributed by atoms with Crippen molar-refractivity contribution in [1.29, 1.82) is 0 Å². The molecule has 0 heterocycles. The smallest absolute Gasteiger partial charge is 0.0162 e. The van der Waals surface area contributed by atoms with Crippen LogP contribution in [-0.2, 0) is 6.42 Å². The second-order valence-electron chi connectivity index (χ2n) is 7.74. The summed E-state index contributed by atoms with van der Waals surface area (Å²) >= 11 is 0. The van der Waals surface area contributed by atoms with Crippen molar-refractivity contribution in [2.75, 3.05) is 0 Å². The highest BCUT2D eigenvalue weighted by molar-refractivity contribution is 5.27. The van der Waals surface area contributed by atoms with E-state index in [9.17, 15) is 0 Å². The zero-order valence-electron chi connectivity index (χ0n) is 15.7. The summed E-state index contributed by atoms with van der Waals surface area (Å²) in [7, 11) is 0. The van der Waals surface area contributed by atoms with Crippen molar-refractivity contribution < 1.29 is 0 Å². The molecular formula is C23H38. The molecule has 0 nitrogen and oxygen atoms in total. The second-order valence-corrected chi connectivity index (χ2v) is 7.74. The molecule has 0 unspecified atom stereocenters. The Morgan fingerprint density at radius 3 is 2.22 bits per heavy atom. The number of benzene rings is 1. The first-order valence-corrected chi connectivity index (χ1v) is 10.4. The van der Waals surface area contributed by atoms with Gasteiger partial charge in [0.1, 0.15) is 0 Å². The van der Waals surface area contributed by atoms with Gasteiger partial charge in [-0.05, 0) is 61.5 Å². The highest BCUT2D eigenvalue weighted by atomic mass is 14.3. The van der Waals surface area contributed by atoms with Gasteiger partial charge in [-0.2, -0.15) is 0 Å². The monoisotopic (exact) mass is 314 g/mol. The molecule has 0 spiro atoms. The van der Waals surface area contributed by atoms with Crippen LogP contribution in [0.3, 0.4) is 0 Å². The van der Waals surface area contributed by atoms with E-state index in [2.05, 4.69) is 38.1 Å². The van der Waals surface area contributed by atoms with Gasteiger partial charge < -0.3 is 0 Å². The molecule has 0 aromatic heterocycles. The second kappa shape index (κ2) is 10.9. The predicted molar refractivity (Wildman–Crippen MR) is 103 cm³/mol. The number of rotatable bonds is 10. The first-order valence-electron chi connectivity index (χ1n) is 10.4. The van der Waals surface area contributed by atoms with Crippen molar-refractivity contribution in [3.63, 3.8) is 0 Å². The van der Waals surface area contributed by atoms with Gasteiger partial charge in [0.15, 0.2) is 0 Å². The molecule has 1 aliphatic carbocycles. The highest BCUT2D eigenvalue weighted by Crippen LogP contribution is 2.37. The molecule has 1 aliphatic rings. The van der Waals surface area contributed by atoms with Gasteiger partial charge in [0, 0.05) is 0 Å². The Morgan fingerprint density at radius 2 is 1.52 bits per heavy atom. The van der Waals surface area contributed by atoms with Crippen LogP contribution in [-0.4, -0.2) is 0 Å². The van der Waals surface area contributed by atoms with Crippen LogP contribution in [0, 0.1) is 5.92 Å². The summed E-state index contributed by atoms with van der Waals surface area (Å²) < 4.78 is 0. The van der Waals surface area contributed by atoms with Gasteiger partial charge in [0.2, 0.25) is 0 Å². The SMILES string of the molecule is CCCCCCCCCc1cccc(C2CCC(CC)CC2)c1. The largest absolute Gasteiger partial charge is 0.0654 e. The molecule has 2 rings (SSSR count). The molecule has 0 heteroatoms. The maximum absolute atomic E-state index is 2.52. The van der Waals surface area contributed by atoms with E-state index in [0.29, 0.717) is 0 Å². The molecule has 0 amide bonds.